The molecule has 28 heavy (non-hydrogen) atoms. The molecule has 4 rings (SSSR count). The molecule has 2 nitrogen and oxygen atoms in total. The largest absolute Gasteiger partial charge is 0.289 e. The van der Waals surface area contributed by atoms with Crippen LogP contribution >= 0.6 is 0 Å². The molecule has 142 valence electrons. The number of hydrogen-bond donors (Lipinski definition) is 0. The monoisotopic (exact) mass is 402 g/mol. The predicted molar refractivity (Wildman–Crippen MR) is 123 cm³/mol. The van der Waals surface area contributed by atoms with Gasteiger partial charge in [-0.15, -0.1) is 0 Å². The summed E-state index contributed by atoms with van der Waals surface area (Å²) >= 11 is 0. The van der Waals surface area contributed by atoms with Crippen LogP contribution in [0.4, 0.5) is 0 Å². The average molecular weight is 403 g/mol. The van der Waals surface area contributed by atoms with E-state index in [1.165, 1.54) is 10.4 Å². The van der Waals surface area contributed by atoms with Gasteiger partial charge in [0.15, 0.2) is 11.6 Å². The van der Waals surface area contributed by atoms with Crippen molar-refractivity contribution in [2.45, 2.75) is 39.3 Å². The van der Waals surface area contributed by atoms with Gasteiger partial charge in [-0.2, -0.15) is 0 Å². The molecule has 0 bridgehead atoms. The van der Waals surface area contributed by atoms with Crippen LogP contribution in [-0.4, -0.2) is 27.7 Å². The number of ketones is 2. The normalized spacial score (nSPS) is 14.2. The van der Waals surface area contributed by atoms with Gasteiger partial charge in [-0.25, -0.2) is 0 Å². The van der Waals surface area contributed by atoms with Crippen molar-refractivity contribution in [3.05, 3.63) is 70.8 Å². The molecule has 0 N–H and O–H groups in total. The molecule has 3 aromatic rings. The van der Waals surface area contributed by atoms with Gasteiger partial charge in [0.2, 0.25) is 0 Å². The summed E-state index contributed by atoms with van der Waals surface area (Å²) in [6, 6.07) is 15.6. The zero-order valence-electron chi connectivity index (χ0n) is 17.4. The highest BCUT2D eigenvalue weighted by atomic mass is 28.3. The second kappa shape index (κ2) is 6.09. The molecule has 3 aromatic carbocycles. The van der Waals surface area contributed by atoms with E-state index in [1.54, 1.807) is 12.1 Å². The standard InChI is InChI=1S/C24H26O2Si2/c1-27(2,3)21-13-15-11-19-20(12-16(15)14-22(21)28(4,5)6)24(26)18-10-8-7-9-17(18)23(19)25/h7-14H,1-6H3. The highest BCUT2D eigenvalue weighted by Crippen LogP contribution is 2.30. The maximum Gasteiger partial charge on any atom is 0.194 e. The summed E-state index contributed by atoms with van der Waals surface area (Å²) in [6.07, 6.45) is 0. The summed E-state index contributed by atoms with van der Waals surface area (Å²) in [5.41, 5.74) is 2.11. The van der Waals surface area contributed by atoms with Gasteiger partial charge in [0.25, 0.3) is 0 Å². The minimum atomic E-state index is -1.55. The van der Waals surface area contributed by atoms with Crippen molar-refractivity contribution in [3.63, 3.8) is 0 Å². The molecule has 0 aliphatic heterocycles. The first-order chi connectivity index (χ1) is 13.0. The van der Waals surface area contributed by atoms with E-state index < -0.39 is 16.1 Å². The minimum Gasteiger partial charge on any atom is -0.289 e. The molecule has 0 saturated heterocycles. The highest BCUT2D eigenvalue weighted by Gasteiger charge is 2.31. The molecule has 0 atom stereocenters. The van der Waals surface area contributed by atoms with E-state index in [9.17, 15) is 9.59 Å². The Bertz CT molecular complexity index is 1070. The molecule has 1 aliphatic rings. The molecule has 0 radical (unpaired) electrons. The third-order valence-electron chi connectivity index (χ3n) is 5.63. The first kappa shape index (κ1) is 19.0. The van der Waals surface area contributed by atoms with Crippen LogP contribution in [0, 0.1) is 0 Å². The Balaban J connectivity index is 2.03. The van der Waals surface area contributed by atoms with Crippen LogP contribution in [0.2, 0.25) is 39.3 Å². The molecule has 0 aromatic heterocycles. The first-order valence-electron chi connectivity index (χ1n) is 9.79. The van der Waals surface area contributed by atoms with E-state index in [2.05, 4.69) is 51.4 Å². The van der Waals surface area contributed by atoms with Gasteiger partial charge < -0.3 is 0 Å². The highest BCUT2D eigenvalue weighted by molar-refractivity contribution is 6.98. The van der Waals surface area contributed by atoms with E-state index in [0.29, 0.717) is 22.3 Å². The lowest BCUT2D eigenvalue weighted by Crippen LogP contribution is -2.56. The Morgan fingerprint density at radius 1 is 0.536 bits per heavy atom. The fraction of sp³-hybridized carbons (Fsp3) is 0.250. The van der Waals surface area contributed by atoms with Crippen molar-refractivity contribution in [2.75, 3.05) is 0 Å². The van der Waals surface area contributed by atoms with Gasteiger partial charge in [-0.3, -0.25) is 9.59 Å². The Morgan fingerprint density at radius 2 is 0.893 bits per heavy atom. The second-order valence-corrected chi connectivity index (χ2v) is 19.9. The van der Waals surface area contributed by atoms with Crippen LogP contribution in [0.5, 0.6) is 0 Å². The molecule has 0 saturated carbocycles. The van der Waals surface area contributed by atoms with Crippen LogP contribution in [0.15, 0.2) is 48.5 Å². The first-order valence-corrected chi connectivity index (χ1v) is 16.8. The van der Waals surface area contributed by atoms with Gasteiger partial charge >= 0.3 is 0 Å². The third kappa shape index (κ3) is 2.92. The van der Waals surface area contributed by atoms with Crippen molar-refractivity contribution in [2.24, 2.45) is 0 Å². The van der Waals surface area contributed by atoms with Crippen LogP contribution in [-0.2, 0) is 0 Å². The Hall–Kier alpha value is -2.31. The van der Waals surface area contributed by atoms with Crippen molar-refractivity contribution in [3.8, 4) is 0 Å². The molecular weight excluding hydrogens is 376 g/mol. The van der Waals surface area contributed by atoms with Crippen LogP contribution in [0.3, 0.4) is 0 Å². The zero-order chi connectivity index (χ0) is 20.4. The van der Waals surface area contributed by atoms with E-state index in [4.69, 9.17) is 0 Å². The second-order valence-electron chi connectivity index (χ2n) is 9.85. The van der Waals surface area contributed by atoms with Crippen molar-refractivity contribution in [1.82, 2.24) is 0 Å². The number of carbonyl (C=O) groups excluding carboxylic acids is 2. The van der Waals surface area contributed by atoms with Gasteiger partial charge in [0, 0.05) is 22.3 Å². The molecule has 0 amide bonds. The van der Waals surface area contributed by atoms with E-state index in [1.807, 2.05) is 24.3 Å². The Labute approximate surface area is 168 Å². The quantitative estimate of drug-likeness (QED) is 0.455. The van der Waals surface area contributed by atoms with Gasteiger partial charge in [0.1, 0.15) is 0 Å². The van der Waals surface area contributed by atoms with Gasteiger partial charge in [-0.1, -0.05) is 86.1 Å². The lowest BCUT2D eigenvalue weighted by Gasteiger charge is -2.29. The van der Waals surface area contributed by atoms with E-state index >= 15 is 0 Å². The molecule has 0 heterocycles. The maximum atomic E-state index is 13.1. The lowest BCUT2D eigenvalue weighted by atomic mass is 9.83. The maximum absolute atomic E-state index is 13.1. The summed E-state index contributed by atoms with van der Waals surface area (Å²) in [6.45, 7) is 14.3. The summed E-state index contributed by atoms with van der Waals surface area (Å²) in [7, 11) is -3.09. The number of hydrogen-bond acceptors (Lipinski definition) is 2. The zero-order valence-corrected chi connectivity index (χ0v) is 19.4. The smallest absolute Gasteiger partial charge is 0.194 e. The number of fused-ring (bicyclic) bond motifs is 3. The Morgan fingerprint density at radius 3 is 1.21 bits per heavy atom. The molecular formula is C24H26O2Si2. The molecule has 0 fully saturated rings. The number of rotatable bonds is 2. The van der Waals surface area contributed by atoms with Crippen LogP contribution in [0.1, 0.15) is 31.8 Å². The topological polar surface area (TPSA) is 34.1 Å². The third-order valence-corrected chi connectivity index (χ3v) is 9.94. The van der Waals surface area contributed by atoms with Crippen molar-refractivity contribution < 1.29 is 9.59 Å². The fourth-order valence-electron chi connectivity index (χ4n) is 4.14. The fourth-order valence-corrected chi connectivity index (χ4v) is 9.32. The number of carbonyl (C=O) groups is 2. The van der Waals surface area contributed by atoms with Crippen LogP contribution in [0.25, 0.3) is 10.8 Å². The SMILES string of the molecule is C[Si](C)(C)c1cc2cc3c(cc2cc1[Si](C)(C)C)C(=O)c1ccccc1C3=O. The predicted octanol–water partition coefficient (Wildman–Crippen LogP) is 4.71. The van der Waals surface area contributed by atoms with Crippen LogP contribution < -0.4 is 10.4 Å². The van der Waals surface area contributed by atoms with Crippen molar-refractivity contribution >= 4 is 48.9 Å². The Kier molecular flexibility index (Phi) is 4.14. The molecule has 4 heteroatoms. The lowest BCUT2D eigenvalue weighted by molar-refractivity contribution is 0.0979. The van der Waals surface area contributed by atoms with E-state index in [0.717, 1.165) is 10.8 Å². The molecule has 0 unspecified atom stereocenters. The average Bonchev–Trinajstić information content (AvgIpc) is 2.62. The van der Waals surface area contributed by atoms with Crippen molar-refractivity contribution in [1.29, 1.82) is 0 Å². The van der Waals surface area contributed by atoms with Gasteiger partial charge in [0.05, 0.1) is 16.1 Å². The molecule has 1 aliphatic carbocycles. The number of benzene rings is 3. The summed E-state index contributed by atoms with van der Waals surface area (Å²) in [4.78, 5) is 26.1. The van der Waals surface area contributed by atoms with Gasteiger partial charge in [-0.05, 0) is 22.9 Å². The summed E-state index contributed by atoms with van der Waals surface area (Å²) in [5, 5.41) is 5.10. The summed E-state index contributed by atoms with van der Waals surface area (Å²) in [5.74, 6) is -0.0909. The summed E-state index contributed by atoms with van der Waals surface area (Å²) < 4.78 is 0. The van der Waals surface area contributed by atoms with E-state index in [-0.39, 0.29) is 11.6 Å². The molecule has 0 spiro atoms. The minimum absolute atomic E-state index is 0.0454.